The number of halogens is 4. The van der Waals surface area contributed by atoms with Crippen molar-refractivity contribution in [3.8, 4) is 5.75 Å². The number of benzene rings is 1. The summed E-state index contributed by atoms with van der Waals surface area (Å²) in [5.41, 5.74) is 0.848. The van der Waals surface area contributed by atoms with E-state index in [-0.39, 0.29) is 11.8 Å². The Kier molecular flexibility index (Phi) is 5.98. The fourth-order valence-corrected chi connectivity index (χ4v) is 3.81. The van der Waals surface area contributed by atoms with Crippen LogP contribution in [-0.2, 0) is 0 Å². The topological polar surface area (TPSA) is 21.3 Å². The fourth-order valence-electron chi connectivity index (χ4n) is 1.96. The first-order valence-corrected chi connectivity index (χ1v) is 8.23. The summed E-state index contributed by atoms with van der Waals surface area (Å²) in [6, 6.07) is 8.43. The molecule has 0 fully saturated rings. The van der Waals surface area contributed by atoms with Crippen molar-refractivity contribution in [3.63, 3.8) is 0 Å². The third kappa shape index (κ3) is 4.39. The molecular formula is C14H13BrClF2NOS. The maximum Gasteiger partial charge on any atom is 0.387 e. The number of nitrogens with one attached hydrogen (secondary N) is 1. The molecule has 0 saturated carbocycles. The number of rotatable bonds is 6. The van der Waals surface area contributed by atoms with Crippen LogP contribution in [0, 0.1) is 0 Å². The van der Waals surface area contributed by atoms with E-state index in [2.05, 4.69) is 26.0 Å². The van der Waals surface area contributed by atoms with Crippen LogP contribution in [0.4, 0.5) is 8.78 Å². The molecule has 2 nitrogen and oxygen atoms in total. The van der Waals surface area contributed by atoms with Crippen molar-refractivity contribution in [1.82, 2.24) is 5.32 Å². The van der Waals surface area contributed by atoms with Crippen molar-refractivity contribution in [3.05, 3.63) is 49.6 Å². The monoisotopic (exact) mass is 395 g/mol. The van der Waals surface area contributed by atoms with Crippen molar-refractivity contribution in [2.45, 2.75) is 19.6 Å². The second kappa shape index (κ2) is 7.54. The molecule has 1 atom stereocenters. The average molecular weight is 397 g/mol. The Labute approximate surface area is 139 Å². The highest BCUT2D eigenvalue weighted by molar-refractivity contribution is 9.11. The second-order valence-corrected chi connectivity index (χ2v) is 7.02. The highest BCUT2D eigenvalue weighted by atomic mass is 79.9. The van der Waals surface area contributed by atoms with E-state index < -0.39 is 6.61 Å². The van der Waals surface area contributed by atoms with Gasteiger partial charge >= 0.3 is 6.61 Å². The van der Waals surface area contributed by atoms with Gasteiger partial charge in [0.05, 0.1) is 14.9 Å². The summed E-state index contributed by atoms with van der Waals surface area (Å²) in [6.45, 7) is -0.114. The standard InChI is InChI=1S/C14H13BrClF2NOS/c1-2-19-12(11-7-10(16)13(15)21-11)8-4-3-5-9(6-8)20-14(17)18/h3-7,12,14,19H,2H2,1H3. The average Bonchev–Trinajstić information content (AvgIpc) is 2.75. The van der Waals surface area contributed by atoms with E-state index in [9.17, 15) is 8.78 Å². The van der Waals surface area contributed by atoms with Gasteiger partial charge in [-0.25, -0.2) is 0 Å². The van der Waals surface area contributed by atoms with E-state index in [0.717, 1.165) is 20.8 Å². The van der Waals surface area contributed by atoms with E-state index >= 15 is 0 Å². The lowest BCUT2D eigenvalue weighted by Crippen LogP contribution is -2.21. The van der Waals surface area contributed by atoms with E-state index in [1.165, 1.54) is 17.4 Å². The van der Waals surface area contributed by atoms with Crippen molar-refractivity contribution in [1.29, 1.82) is 0 Å². The molecule has 0 radical (unpaired) electrons. The van der Waals surface area contributed by atoms with E-state index in [4.69, 9.17) is 11.6 Å². The zero-order valence-corrected chi connectivity index (χ0v) is 14.2. The summed E-state index contributed by atoms with van der Waals surface area (Å²) in [5.74, 6) is 0.145. The molecule has 1 heterocycles. The zero-order chi connectivity index (χ0) is 15.4. The largest absolute Gasteiger partial charge is 0.435 e. The molecule has 1 unspecified atom stereocenters. The number of thiophene rings is 1. The van der Waals surface area contributed by atoms with Crippen molar-refractivity contribution < 1.29 is 13.5 Å². The summed E-state index contributed by atoms with van der Waals surface area (Å²) >= 11 is 11.0. The number of alkyl halides is 2. The third-order valence-corrected chi connectivity index (χ3v) is 5.31. The molecule has 1 aromatic heterocycles. The van der Waals surface area contributed by atoms with Crippen LogP contribution in [-0.4, -0.2) is 13.2 Å². The van der Waals surface area contributed by atoms with Gasteiger partial charge in [0.2, 0.25) is 0 Å². The van der Waals surface area contributed by atoms with Gasteiger partial charge in [0, 0.05) is 4.88 Å². The van der Waals surface area contributed by atoms with Crippen molar-refractivity contribution in [2.24, 2.45) is 0 Å². The van der Waals surface area contributed by atoms with E-state index in [1.54, 1.807) is 12.1 Å². The van der Waals surface area contributed by atoms with Gasteiger partial charge in [-0.05, 0) is 46.2 Å². The lowest BCUT2D eigenvalue weighted by atomic mass is 10.1. The van der Waals surface area contributed by atoms with Gasteiger partial charge in [-0.1, -0.05) is 30.7 Å². The summed E-state index contributed by atoms with van der Waals surface area (Å²) in [4.78, 5) is 1.00. The first-order chi connectivity index (χ1) is 10.0. The molecular weight excluding hydrogens is 384 g/mol. The van der Waals surface area contributed by atoms with Gasteiger partial charge in [-0.2, -0.15) is 8.78 Å². The van der Waals surface area contributed by atoms with Crippen molar-refractivity contribution in [2.75, 3.05) is 6.54 Å². The van der Waals surface area contributed by atoms with Gasteiger partial charge in [0.15, 0.2) is 0 Å². The SMILES string of the molecule is CCNC(c1cccc(OC(F)F)c1)c1cc(Cl)c(Br)s1. The highest BCUT2D eigenvalue weighted by Crippen LogP contribution is 2.38. The molecule has 114 valence electrons. The summed E-state index contributed by atoms with van der Waals surface area (Å²) < 4.78 is 29.9. The molecule has 0 saturated heterocycles. The van der Waals surface area contributed by atoms with Crippen molar-refractivity contribution >= 4 is 38.9 Å². The molecule has 0 aliphatic rings. The first-order valence-electron chi connectivity index (χ1n) is 6.24. The van der Waals surface area contributed by atoms with E-state index in [0.29, 0.717) is 5.02 Å². The minimum absolute atomic E-state index is 0.120. The Morgan fingerprint density at radius 1 is 1.38 bits per heavy atom. The highest BCUT2D eigenvalue weighted by Gasteiger charge is 2.18. The number of hydrogen-bond donors (Lipinski definition) is 1. The molecule has 0 amide bonds. The number of hydrogen-bond acceptors (Lipinski definition) is 3. The Morgan fingerprint density at radius 2 is 2.14 bits per heavy atom. The predicted octanol–water partition coefficient (Wildman–Crippen LogP) is 5.46. The summed E-state index contributed by atoms with van der Waals surface area (Å²) in [6.07, 6.45) is 0. The smallest absolute Gasteiger partial charge is 0.387 e. The maximum atomic E-state index is 12.3. The molecule has 21 heavy (non-hydrogen) atoms. The maximum absolute atomic E-state index is 12.3. The Bertz CT molecular complexity index is 589. The lowest BCUT2D eigenvalue weighted by molar-refractivity contribution is -0.0498. The summed E-state index contributed by atoms with van der Waals surface area (Å²) in [7, 11) is 0. The van der Waals surface area contributed by atoms with Crippen LogP contribution in [0.3, 0.4) is 0 Å². The molecule has 2 rings (SSSR count). The molecule has 0 spiro atoms. The minimum Gasteiger partial charge on any atom is -0.435 e. The quantitative estimate of drug-likeness (QED) is 0.699. The first kappa shape index (κ1) is 16.7. The van der Waals surface area contributed by atoms with Crippen LogP contribution in [0.2, 0.25) is 5.02 Å². The van der Waals surface area contributed by atoms with E-state index in [1.807, 2.05) is 19.1 Å². The molecule has 1 N–H and O–H groups in total. The van der Waals surface area contributed by atoms with Crippen LogP contribution in [0.5, 0.6) is 5.75 Å². The summed E-state index contributed by atoms with van der Waals surface area (Å²) in [5, 5.41) is 3.96. The van der Waals surface area contributed by atoms with Gasteiger partial charge in [0.25, 0.3) is 0 Å². The van der Waals surface area contributed by atoms with Crippen LogP contribution < -0.4 is 10.1 Å². The van der Waals surface area contributed by atoms with Gasteiger partial charge in [-0.3, -0.25) is 0 Å². The van der Waals surface area contributed by atoms with Gasteiger partial charge in [0.1, 0.15) is 5.75 Å². The van der Waals surface area contributed by atoms with Crippen LogP contribution >= 0.6 is 38.9 Å². The van der Waals surface area contributed by atoms with Gasteiger partial charge in [-0.15, -0.1) is 11.3 Å². The molecule has 2 aromatic rings. The normalized spacial score (nSPS) is 12.7. The molecule has 0 aliphatic carbocycles. The fraction of sp³-hybridized carbons (Fsp3) is 0.286. The Hall–Kier alpha value is -0.690. The van der Waals surface area contributed by atoms with Crippen LogP contribution in [0.15, 0.2) is 34.1 Å². The molecule has 1 aromatic carbocycles. The predicted molar refractivity (Wildman–Crippen MR) is 85.6 cm³/mol. The number of ether oxygens (including phenoxy) is 1. The van der Waals surface area contributed by atoms with Crippen LogP contribution in [0.1, 0.15) is 23.4 Å². The molecule has 0 aliphatic heterocycles. The lowest BCUT2D eigenvalue weighted by Gasteiger charge is -2.17. The van der Waals surface area contributed by atoms with Gasteiger partial charge < -0.3 is 10.1 Å². The van der Waals surface area contributed by atoms with Crippen LogP contribution in [0.25, 0.3) is 0 Å². The zero-order valence-electron chi connectivity index (χ0n) is 11.1. The molecule has 7 heteroatoms. The second-order valence-electron chi connectivity index (χ2n) is 4.21. The minimum atomic E-state index is -2.83. The third-order valence-electron chi connectivity index (χ3n) is 2.77. The molecule has 0 bridgehead atoms. The Balaban J connectivity index is 2.33. The Morgan fingerprint density at radius 3 is 2.71 bits per heavy atom.